The second kappa shape index (κ2) is 11.1. The average molecular weight is 636 g/mol. The van der Waals surface area contributed by atoms with Gasteiger partial charge in [0.2, 0.25) is 0 Å². The summed E-state index contributed by atoms with van der Waals surface area (Å²) < 4.78 is 6.08. The molecule has 2 heterocycles. The van der Waals surface area contributed by atoms with Crippen LogP contribution >= 0.6 is 47.8 Å². The zero-order valence-electron chi connectivity index (χ0n) is 17.1. The Hall–Kier alpha value is -3.12. The Morgan fingerprint density at radius 3 is 1.91 bits per heavy atom. The van der Waals surface area contributed by atoms with E-state index in [1.807, 2.05) is 60.7 Å². The standard InChI is InChI=1S/C11H8Br2N4.C11H9BrN4.H2/c12-8-3-1-2-7(4-8)6-17-10(15)9(5-14)16-11(17)13;12-9-3-1-2-8(4-9)6-16-7-15-10(5-13)11(16)14;/h1-4H,6,15H2;1-4,7H,6,14H2;1H/i;;1+1. The van der Waals surface area contributed by atoms with E-state index in [2.05, 4.69) is 57.8 Å². The topological polar surface area (TPSA) is 135 Å². The lowest BCUT2D eigenvalue weighted by molar-refractivity contribution is 0.784. The van der Waals surface area contributed by atoms with Crippen molar-refractivity contribution in [2.45, 2.75) is 13.1 Å². The van der Waals surface area contributed by atoms with Crippen LogP contribution in [0.15, 0.2) is 68.5 Å². The lowest BCUT2D eigenvalue weighted by Crippen LogP contribution is -2.05. The second-order valence-corrected chi connectivity index (χ2v) is 9.33. The van der Waals surface area contributed by atoms with Crippen molar-refractivity contribution in [1.82, 2.24) is 19.1 Å². The second-order valence-electron chi connectivity index (χ2n) is 6.79. The number of nitrogen functional groups attached to an aromatic ring is 2. The van der Waals surface area contributed by atoms with Crippen LogP contribution in [0.5, 0.6) is 0 Å². The number of benzene rings is 2. The van der Waals surface area contributed by atoms with E-state index in [0.717, 1.165) is 20.1 Å². The molecule has 0 aliphatic heterocycles. The molecule has 0 bridgehead atoms. The molecule has 0 saturated carbocycles. The van der Waals surface area contributed by atoms with Gasteiger partial charge in [-0.25, -0.2) is 9.97 Å². The Bertz CT molecular complexity index is 1370. The van der Waals surface area contributed by atoms with Crippen molar-refractivity contribution < 1.29 is 1.43 Å². The molecule has 0 amide bonds. The minimum Gasteiger partial charge on any atom is -0.383 e. The van der Waals surface area contributed by atoms with E-state index in [-0.39, 0.29) is 12.8 Å². The van der Waals surface area contributed by atoms with Gasteiger partial charge in [-0.15, -0.1) is 0 Å². The Morgan fingerprint density at radius 2 is 1.42 bits per heavy atom. The molecule has 8 nitrogen and oxygen atoms in total. The van der Waals surface area contributed by atoms with E-state index in [0.29, 0.717) is 29.5 Å². The number of nitriles is 2. The van der Waals surface area contributed by atoms with Crippen molar-refractivity contribution >= 4 is 59.4 Å². The summed E-state index contributed by atoms with van der Waals surface area (Å²) in [5.41, 5.74) is 14.3. The van der Waals surface area contributed by atoms with Crippen LogP contribution in [0.3, 0.4) is 0 Å². The predicted octanol–water partition coefficient (Wildman–Crippen LogP) is 5.30. The van der Waals surface area contributed by atoms with Crippen molar-refractivity contribution in [1.29, 1.82) is 10.5 Å². The smallest absolute Gasteiger partial charge is 0.183 e. The van der Waals surface area contributed by atoms with E-state index >= 15 is 0 Å². The van der Waals surface area contributed by atoms with Gasteiger partial charge in [-0.1, -0.05) is 56.1 Å². The molecule has 4 aromatic rings. The Labute approximate surface area is 217 Å². The summed E-state index contributed by atoms with van der Waals surface area (Å²) in [5, 5.41) is 17.6. The quantitative estimate of drug-likeness (QED) is 0.312. The molecule has 4 N–H and O–H groups in total. The van der Waals surface area contributed by atoms with Crippen molar-refractivity contribution in [3.05, 3.63) is 91.1 Å². The summed E-state index contributed by atoms with van der Waals surface area (Å²) in [6.07, 6.45) is 1.58. The molecule has 0 aliphatic rings. The molecular weight excluding hydrogens is 616 g/mol. The first-order valence-corrected chi connectivity index (χ1v) is 11.8. The zero-order chi connectivity index (χ0) is 24.0. The maximum Gasteiger partial charge on any atom is 0.183 e. The van der Waals surface area contributed by atoms with Gasteiger partial charge in [0, 0.05) is 10.4 Å². The van der Waals surface area contributed by atoms with Crippen molar-refractivity contribution in [3.63, 3.8) is 0 Å². The number of anilines is 2. The average Bonchev–Trinajstić information content (AvgIpc) is 3.27. The third kappa shape index (κ3) is 6.23. The maximum atomic E-state index is 8.83. The van der Waals surface area contributed by atoms with Gasteiger partial charge in [0.1, 0.15) is 23.8 Å². The lowest BCUT2D eigenvalue weighted by Gasteiger charge is -2.06. The van der Waals surface area contributed by atoms with Crippen molar-refractivity contribution in [2.75, 3.05) is 11.5 Å². The molecule has 0 fully saturated rings. The minimum absolute atomic E-state index is 0. The summed E-state index contributed by atoms with van der Waals surface area (Å²) in [7, 11) is 0. The molecule has 4 rings (SSSR count). The zero-order valence-corrected chi connectivity index (χ0v) is 21.8. The number of hydrogen-bond acceptors (Lipinski definition) is 6. The van der Waals surface area contributed by atoms with Gasteiger partial charge in [-0.05, 0) is 51.3 Å². The monoisotopic (exact) mass is 633 g/mol. The number of nitrogens with two attached hydrogens (primary N) is 2. The molecule has 0 radical (unpaired) electrons. The SMILES string of the molecule is N#Cc1nc(Br)n(Cc2cccc(Br)c2)c1N.N#Cc1ncn(Cc2cccc(Br)c2)c1N.[2HH]. The van der Waals surface area contributed by atoms with Crippen molar-refractivity contribution in [2.24, 2.45) is 0 Å². The molecule has 0 aliphatic carbocycles. The highest BCUT2D eigenvalue weighted by molar-refractivity contribution is 9.11. The number of halogens is 3. The Morgan fingerprint density at radius 1 is 0.848 bits per heavy atom. The molecule has 0 spiro atoms. The summed E-state index contributed by atoms with van der Waals surface area (Å²) in [5.74, 6) is 0.779. The van der Waals surface area contributed by atoms with E-state index < -0.39 is 0 Å². The van der Waals surface area contributed by atoms with Crippen LogP contribution < -0.4 is 11.5 Å². The van der Waals surface area contributed by atoms with Gasteiger partial charge in [-0.2, -0.15) is 10.5 Å². The van der Waals surface area contributed by atoms with Gasteiger partial charge >= 0.3 is 0 Å². The molecule has 0 saturated heterocycles. The van der Waals surface area contributed by atoms with E-state index in [1.165, 1.54) is 0 Å². The van der Waals surface area contributed by atoms with Crippen LogP contribution in [0.1, 0.15) is 23.9 Å². The number of imidazole rings is 2. The summed E-state index contributed by atoms with van der Waals surface area (Å²) in [6, 6.07) is 19.7. The highest BCUT2D eigenvalue weighted by atomic mass is 79.9. The summed E-state index contributed by atoms with van der Waals surface area (Å²) in [4.78, 5) is 7.95. The lowest BCUT2D eigenvalue weighted by atomic mass is 10.2. The Kier molecular flexibility index (Phi) is 8.28. The summed E-state index contributed by atoms with van der Waals surface area (Å²) in [6.45, 7) is 1.18. The molecule has 0 atom stereocenters. The molecule has 11 heteroatoms. The molecule has 0 unspecified atom stereocenters. The molecule has 33 heavy (non-hydrogen) atoms. The van der Waals surface area contributed by atoms with Crippen LogP contribution in [0, 0.1) is 22.7 Å². The van der Waals surface area contributed by atoms with Crippen LogP contribution in [0.25, 0.3) is 0 Å². The Balaban J connectivity index is 0.000000234. The van der Waals surface area contributed by atoms with E-state index in [9.17, 15) is 0 Å². The minimum atomic E-state index is 0. The third-order valence-corrected chi connectivity index (χ3v) is 6.11. The van der Waals surface area contributed by atoms with Crippen LogP contribution in [-0.4, -0.2) is 19.1 Å². The predicted molar refractivity (Wildman–Crippen MR) is 139 cm³/mol. The molecular formula is C22H19Br3N8. The fraction of sp³-hybridized carbons (Fsp3) is 0.0909. The highest BCUT2D eigenvalue weighted by Gasteiger charge is 2.12. The van der Waals surface area contributed by atoms with Gasteiger partial charge in [0.25, 0.3) is 0 Å². The van der Waals surface area contributed by atoms with Crippen LogP contribution in [0.2, 0.25) is 0 Å². The number of aromatic nitrogens is 4. The van der Waals surface area contributed by atoms with Gasteiger partial charge in [0.05, 0.1) is 19.4 Å². The largest absolute Gasteiger partial charge is 0.383 e. The van der Waals surface area contributed by atoms with Gasteiger partial charge in [-0.3, -0.25) is 0 Å². The summed E-state index contributed by atoms with van der Waals surface area (Å²) >= 11 is 10.1. The van der Waals surface area contributed by atoms with Gasteiger partial charge < -0.3 is 20.6 Å². The first-order chi connectivity index (χ1) is 15.8. The normalized spacial score (nSPS) is 10.1. The number of rotatable bonds is 4. The first-order valence-electron chi connectivity index (χ1n) is 9.43. The van der Waals surface area contributed by atoms with Crippen molar-refractivity contribution in [3.8, 4) is 12.1 Å². The molecule has 168 valence electrons. The van der Waals surface area contributed by atoms with Crippen LogP contribution in [-0.2, 0) is 13.1 Å². The van der Waals surface area contributed by atoms with E-state index in [1.54, 1.807) is 15.5 Å². The number of hydrogen-bond donors (Lipinski definition) is 2. The van der Waals surface area contributed by atoms with E-state index in [4.69, 9.17) is 22.0 Å². The first kappa shape index (κ1) is 24.5. The van der Waals surface area contributed by atoms with Crippen LogP contribution in [0.4, 0.5) is 11.6 Å². The van der Waals surface area contributed by atoms with Gasteiger partial charge in [0.15, 0.2) is 16.1 Å². The maximum absolute atomic E-state index is 8.83. The third-order valence-electron chi connectivity index (χ3n) is 4.52. The fourth-order valence-corrected chi connectivity index (χ4v) is 4.31. The fourth-order valence-electron chi connectivity index (χ4n) is 2.92. The molecule has 2 aromatic heterocycles. The molecule has 2 aromatic carbocycles. The highest BCUT2D eigenvalue weighted by Crippen LogP contribution is 2.21. The number of nitrogens with zero attached hydrogens (tertiary/aromatic N) is 6.